The number of amides is 1. The van der Waals surface area contributed by atoms with Crippen molar-refractivity contribution in [3.8, 4) is 0 Å². The van der Waals surface area contributed by atoms with Crippen LogP contribution in [0.4, 0.5) is 0 Å². The van der Waals surface area contributed by atoms with E-state index in [0.717, 1.165) is 35.1 Å². The number of aromatic amines is 1. The standard InChI is InChI=1S/C18H18N4O/c23-18(21-8-7-16-19-9-10-20-16)17-14(12-5-6-12)11-13-3-1-2-4-15(13)22-17/h1-4,9-12H,5-8H2,(H,19,20)(H,21,23). The van der Waals surface area contributed by atoms with E-state index in [-0.39, 0.29) is 5.91 Å². The van der Waals surface area contributed by atoms with E-state index in [4.69, 9.17) is 0 Å². The largest absolute Gasteiger partial charge is 0.350 e. The van der Waals surface area contributed by atoms with Gasteiger partial charge < -0.3 is 10.3 Å². The van der Waals surface area contributed by atoms with E-state index < -0.39 is 0 Å². The second-order valence-electron chi connectivity index (χ2n) is 5.93. The first-order valence-corrected chi connectivity index (χ1v) is 7.97. The van der Waals surface area contributed by atoms with Crippen molar-refractivity contribution in [3.63, 3.8) is 0 Å². The lowest BCUT2D eigenvalue weighted by molar-refractivity contribution is 0.0948. The molecule has 1 aliphatic rings. The Morgan fingerprint density at radius 3 is 2.96 bits per heavy atom. The number of fused-ring (bicyclic) bond motifs is 1. The van der Waals surface area contributed by atoms with Crippen molar-refractivity contribution >= 4 is 16.8 Å². The molecule has 1 aromatic carbocycles. The predicted molar refractivity (Wildman–Crippen MR) is 88.3 cm³/mol. The van der Waals surface area contributed by atoms with Gasteiger partial charge in [-0.3, -0.25) is 4.79 Å². The number of para-hydroxylation sites is 1. The van der Waals surface area contributed by atoms with E-state index in [2.05, 4.69) is 26.3 Å². The average Bonchev–Trinajstić information content (AvgIpc) is 3.30. The SMILES string of the molecule is O=C(NCCc1ncc[nH]1)c1nc2ccccc2cc1C1CC1. The van der Waals surface area contributed by atoms with Crippen molar-refractivity contribution in [1.82, 2.24) is 20.3 Å². The summed E-state index contributed by atoms with van der Waals surface area (Å²) in [6, 6.07) is 10.1. The highest BCUT2D eigenvalue weighted by Crippen LogP contribution is 2.42. The molecule has 0 atom stereocenters. The maximum Gasteiger partial charge on any atom is 0.270 e. The Labute approximate surface area is 134 Å². The van der Waals surface area contributed by atoms with Gasteiger partial charge in [0.15, 0.2) is 0 Å². The molecule has 23 heavy (non-hydrogen) atoms. The maximum atomic E-state index is 12.6. The van der Waals surface area contributed by atoms with E-state index in [0.29, 0.717) is 24.6 Å². The third-order valence-electron chi connectivity index (χ3n) is 4.19. The van der Waals surface area contributed by atoms with E-state index in [1.807, 2.05) is 24.3 Å². The third kappa shape index (κ3) is 2.95. The zero-order valence-electron chi connectivity index (χ0n) is 12.7. The van der Waals surface area contributed by atoms with Crippen LogP contribution in [-0.2, 0) is 6.42 Å². The van der Waals surface area contributed by atoms with Crippen molar-refractivity contribution in [2.24, 2.45) is 0 Å². The summed E-state index contributed by atoms with van der Waals surface area (Å²) < 4.78 is 0. The molecule has 0 unspecified atom stereocenters. The summed E-state index contributed by atoms with van der Waals surface area (Å²) in [5.41, 5.74) is 2.53. The normalized spacial score (nSPS) is 14.1. The van der Waals surface area contributed by atoms with Crippen molar-refractivity contribution in [3.05, 3.63) is 59.8 Å². The molecule has 3 aromatic rings. The van der Waals surface area contributed by atoms with Crippen LogP contribution >= 0.6 is 0 Å². The summed E-state index contributed by atoms with van der Waals surface area (Å²) in [4.78, 5) is 24.4. The van der Waals surface area contributed by atoms with E-state index >= 15 is 0 Å². The molecule has 2 heterocycles. The zero-order valence-corrected chi connectivity index (χ0v) is 12.7. The number of nitrogens with zero attached hydrogens (tertiary/aromatic N) is 2. The number of aromatic nitrogens is 3. The number of hydrogen-bond donors (Lipinski definition) is 2. The molecule has 1 amide bonds. The minimum Gasteiger partial charge on any atom is -0.350 e. The molecule has 0 saturated heterocycles. The monoisotopic (exact) mass is 306 g/mol. The Morgan fingerprint density at radius 1 is 1.30 bits per heavy atom. The Balaban J connectivity index is 1.56. The van der Waals surface area contributed by atoms with Gasteiger partial charge in [-0.15, -0.1) is 0 Å². The molecule has 4 rings (SSSR count). The van der Waals surface area contributed by atoms with E-state index in [9.17, 15) is 4.79 Å². The smallest absolute Gasteiger partial charge is 0.270 e. The number of pyridine rings is 1. The topological polar surface area (TPSA) is 70.7 Å². The van der Waals surface area contributed by atoms with Gasteiger partial charge in [0.05, 0.1) is 5.52 Å². The molecular weight excluding hydrogens is 288 g/mol. The van der Waals surface area contributed by atoms with E-state index in [1.54, 1.807) is 12.4 Å². The lowest BCUT2D eigenvalue weighted by atomic mass is 10.0. The van der Waals surface area contributed by atoms with Gasteiger partial charge in [-0.2, -0.15) is 0 Å². The van der Waals surface area contributed by atoms with Crippen LogP contribution in [0, 0.1) is 0 Å². The number of nitrogens with one attached hydrogen (secondary N) is 2. The molecule has 0 spiro atoms. The van der Waals surface area contributed by atoms with Crippen LogP contribution in [0.1, 0.15) is 40.6 Å². The number of H-pyrrole nitrogens is 1. The van der Waals surface area contributed by atoms with Crippen LogP contribution in [0.25, 0.3) is 10.9 Å². The molecule has 1 fully saturated rings. The van der Waals surface area contributed by atoms with Gasteiger partial charge in [-0.05, 0) is 36.5 Å². The second-order valence-corrected chi connectivity index (χ2v) is 5.93. The second kappa shape index (κ2) is 5.83. The maximum absolute atomic E-state index is 12.6. The summed E-state index contributed by atoms with van der Waals surface area (Å²) in [5, 5.41) is 4.06. The van der Waals surface area contributed by atoms with Gasteiger partial charge >= 0.3 is 0 Å². The van der Waals surface area contributed by atoms with Crippen LogP contribution in [0.15, 0.2) is 42.7 Å². The molecule has 2 aromatic heterocycles. The highest BCUT2D eigenvalue weighted by molar-refractivity contribution is 5.97. The van der Waals surface area contributed by atoms with Crippen molar-refractivity contribution < 1.29 is 4.79 Å². The number of hydrogen-bond acceptors (Lipinski definition) is 3. The number of imidazole rings is 1. The van der Waals surface area contributed by atoms with Crippen LogP contribution in [0.5, 0.6) is 0 Å². The highest BCUT2D eigenvalue weighted by Gasteiger charge is 2.29. The zero-order chi connectivity index (χ0) is 15.6. The van der Waals surface area contributed by atoms with Gasteiger partial charge in [0.2, 0.25) is 0 Å². The Hall–Kier alpha value is -2.69. The van der Waals surface area contributed by atoms with Gasteiger partial charge in [-0.1, -0.05) is 18.2 Å². The number of carbonyl (C=O) groups excluding carboxylic acids is 1. The van der Waals surface area contributed by atoms with Crippen LogP contribution in [0.3, 0.4) is 0 Å². The lowest BCUT2D eigenvalue weighted by Crippen LogP contribution is -2.28. The minimum atomic E-state index is -0.0933. The number of benzene rings is 1. The molecule has 0 aliphatic heterocycles. The number of carbonyl (C=O) groups is 1. The highest BCUT2D eigenvalue weighted by atomic mass is 16.1. The Morgan fingerprint density at radius 2 is 2.17 bits per heavy atom. The fourth-order valence-corrected chi connectivity index (χ4v) is 2.83. The summed E-state index contributed by atoms with van der Waals surface area (Å²) in [6.45, 7) is 0.547. The fraction of sp³-hybridized carbons (Fsp3) is 0.278. The van der Waals surface area contributed by atoms with Crippen LogP contribution < -0.4 is 5.32 Å². The minimum absolute atomic E-state index is 0.0933. The van der Waals surface area contributed by atoms with Gasteiger partial charge in [0, 0.05) is 30.7 Å². The lowest BCUT2D eigenvalue weighted by Gasteiger charge is -2.10. The van der Waals surface area contributed by atoms with Gasteiger partial charge in [0.25, 0.3) is 5.91 Å². The molecule has 1 aliphatic carbocycles. The fourth-order valence-electron chi connectivity index (χ4n) is 2.83. The number of rotatable bonds is 5. The molecule has 5 heteroatoms. The summed E-state index contributed by atoms with van der Waals surface area (Å²) in [7, 11) is 0. The average molecular weight is 306 g/mol. The van der Waals surface area contributed by atoms with Crippen molar-refractivity contribution in [2.75, 3.05) is 6.54 Å². The van der Waals surface area contributed by atoms with E-state index in [1.165, 1.54) is 0 Å². The first-order valence-electron chi connectivity index (χ1n) is 7.97. The molecule has 0 bridgehead atoms. The molecule has 2 N–H and O–H groups in total. The first kappa shape index (κ1) is 13.9. The molecule has 5 nitrogen and oxygen atoms in total. The van der Waals surface area contributed by atoms with Gasteiger partial charge in [0.1, 0.15) is 11.5 Å². The molecule has 0 radical (unpaired) electrons. The van der Waals surface area contributed by atoms with Crippen molar-refractivity contribution in [1.29, 1.82) is 0 Å². The van der Waals surface area contributed by atoms with Crippen LogP contribution in [-0.4, -0.2) is 27.4 Å². The Bertz CT molecular complexity index is 837. The summed E-state index contributed by atoms with van der Waals surface area (Å²) in [5.74, 6) is 1.27. The quantitative estimate of drug-likeness (QED) is 0.761. The van der Waals surface area contributed by atoms with Crippen LogP contribution in [0.2, 0.25) is 0 Å². The molecular formula is C18H18N4O. The van der Waals surface area contributed by atoms with Crippen molar-refractivity contribution in [2.45, 2.75) is 25.2 Å². The molecule has 1 saturated carbocycles. The predicted octanol–water partition coefficient (Wildman–Crippen LogP) is 2.81. The third-order valence-corrected chi connectivity index (χ3v) is 4.19. The first-order chi connectivity index (χ1) is 11.3. The summed E-state index contributed by atoms with van der Waals surface area (Å²) >= 11 is 0. The van der Waals surface area contributed by atoms with Gasteiger partial charge in [-0.25, -0.2) is 9.97 Å². The summed E-state index contributed by atoms with van der Waals surface area (Å²) in [6.07, 6.45) is 6.48. The molecule has 116 valence electrons. The Kier molecular flexibility index (Phi) is 3.54.